The van der Waals surface area contributed by atoms with Gasteiger partial charge in [-0.2, -0.15) is 0 Å². The predicted octanol–water partition coefficient (Wildman–Crippen LogP) is 1.73. The van der Waals surface area contributed by atoms with Gasteiger partial charge in [-0.25, -0.2) is 4.79 Å². The largest absolute Gasteiger partial charge is 0.394 e. The summed E-state index contributed by atoms with van der Waals surface area (Å²) in [5.74, 6) is 0. The van der Waals surface area contributed by atoms with E-state index < -0.39 is 0 Å². The number of carbonyl (C=O) groups excluding carboxylic acids is 1. The van der Waals surface area contributed by atoms with E-state index >= 15 is 0 Å². The molecule has 0 aliphatic rings. The molecule has 5 nitrogen and oxygen atoms in total. The molecule has 1 aromatic carbocycles. The summed E-state index contributed by atoms with van der Waals surface area (Å²) < 4.78 is 5.33. The summed E-state index contributed by atoms with van der Waals surface area (Å²) in [7, 11) is 0. The van der Waals surface area contributed by atoms with Gasteiger partial charge >= 0.3 is 6.03 Å². The van der Waals surface area contributed by atoms with Crippen LogP contribution in [0, 0.1) is 0 Å². The van der Waals surface area contributed by atoms with Gasteiger partial charge in [0.25, 0.3) is 0 Å². The maximum atomic E-state index is 11.6. The Labute approximate surface area is 107 Å². The summed E-state index contributed by atoms with van der Waals surface area (Å²) in [6.45, 7) is 4.65. The first-order valence-electron chi connectivity index (χ1n) is 6.01. The van der Waals surface area contributed by atoms with Gasteiger partial charge in [-0.05, 0) is 19.9 Å². The molecule has 0 radical (unpaired) electrons. The third kappa shape index (κ3) is 4.73. The van der Waals surface area contributed by atoms with E-state index in [0.29, 0.717) is 18.9 Å². The first-order chi connectivity index (χ1) is 8.67. The Morgan fingerprint density at radius 2 is 2.17 bits per heavy atom. The Balaban J connectivity index is 2.62. The molecule has 0 heterocycles. The Hall–Kier alpha value is -1.59. The predicted molar refractivity (Wildman–Crippen MR) is 70.5 cm³/mol. The van der Waals surface area contributed by atoms with Crippen molar-refractivity contribution in [1.29, 1.82) is 0 Å². The second-order valence-electron chi connectivity index (χ2n) is 3.98. The summed E-state index contributed by atoms with van der Waals surface area (Å²) in [5, 5.41) is 14.2. The molecule has 0 spiro atoms. The number of ether oxygens (including phenoxy) is 1. The van der Waals surface area contributed by atoms with E-state index in [4.69, 9.17) is 9.84 Å². The number of para-hydroxylation sites is 1. The van der Waals surface area contributed by atoms with Crippen molar-refractivity contribution in [1.82, 2.24) is 5.32 Å². The quantitative estimate of drug-likeness (QED) is 0.722. The number of aliphatic hydroxyl groups excluding tert-OH is 1. The molecule has 5 heteroatoms. The molecule has 2 amide bonds. The minimum atomic E-state index is -0.333. The fourth-order valence-electron chi connectivity index (χ4n) is 1.41. The highest BCUT2D eigenvalue weighted by atomic mass is 16.5. The average Bonchev–Trinajstić information content (AvgIpc) is 2.37. The number of hydrogen-bond acceptors (Lipinski definition) is 3. The topological polar surface area (TPSA) is 70.6 Å². The molecule has 1 unspecified atom stereocenters. The van der Waals surface area contributed by atoms with Crippen LogP contribution in [-0.2, 0) is 11.3 Å². The van der Waals surface area contributed by atoms with E-state index in [-0.39, 0.29) is 18.7 Å². The van der Waals surface area contributed by atoms with Crippen LogP contribution < -0.4 is 10.6 Å². The van der Waals surface area contributed by atoms with Gasteiger partial charge in [0.1, 0.15) is 0 Å². The number of nitrogens with one attached hydrogen (secondary N) is 2. The first kappa shape index (κ1) is 14.5. The fourth-order valence-corrected chi connectivity index (χ4v) is 1.41. The maximum absolute atomic E-state index is 11.6. The summed E-state index contributed by atoms with van der Waals surface area (Å²) >= 11 is 0. The highest BCUT2D eigenvalue weighted by Crippen LogP contribution is 2.15. The van der Waals surface area contributed by atoms with Crippen LogP contribution in [0.3, 0.4) is 0 Å². The van der Waals surface area contributed by atoms with Crippen LogP contribution in [0.2, 0.25) is 0 Å². The number of amides is 2. The van der Waals surface area contributed by atoms with Crippen molar-refractivity contribution in [3.8, 4) is 0 Å². The van der Waals surface area contributed by atoms with Crippen LogP contribution in [0.15, 0.2) is 24.3 Å². The fraction of sp³-hybridized carbons (Fsp3) is 0.462. The standard InChI is InChI=1S/C13H20N2O3/c1-3-18-9-11-6-4-5-7-12(11)15-13(17)14-10(2)8-16/h4-7,10,16H,3,8-9H2,1-2H3,(H2,14,15,17). The zero-order valence-corrected chi connectivity index (χ0v) is 10.8. The van der Waals surface area contributed by atoms with Crippen molar-refractivity contribution >= 4 is 11.7 Å². The number of urea groups is 1. The smallest absolute Gasteiger partial charge is 0.319 e. The molecule has 0 bridgehead atoms. The lowest BCUT2D eigenvalue weighted by Crippen LogP contribution is -2.38. The third-order valence-corrected chi connectivity index (χ3v) is 2.38. The SMILES string of the molecule is CCOCc1ccccc1NC(=O)NC(C)CO. The van der Waals surface area contributed by atoms with Crippen LogP contribution in [0.1, 0.15) is 19.4 Å². The van der Waals surface area contributed by atoms with Gasteiger partial charge in [-0.3, -0.25) is 0 Å². The zero-order chi connectivity index (χ0) is 13.4. The van der Waals surface area contributed by atoms with Crippen molar-refractivity contribution in [2.24, 2.45) is 0 Å². The second-order valence-corrected chi connectivity index (χ2v) is 3.98. The van der Waals surface area contributed by atoms with E-state index in [9.17, 15) is 4.79 Å². The van der Waals surface area contributed by atoms with Crippen LogP contribution in [0.4, 0.5) is 10.5 Å². The highest BCUT2D eigenvalue weighted by Gasteiger charge is 2.08. The summed E-state index contributed by atoms with van der Waals surface area (Å²) in [6.07, 6.45) is 0. The lowest BCUT2D eigenvalue weighted by atomic mass is 10.2. The van der Waals surface area contributed by atoms with Crippen LogP contribution in [0.5, 0.6) is 0 Å². The molecule has 0 saturated carbocycles. The van der Waals surface area contributed by atoms with E-state index in [0.717, 1.165) is 5.56 Å². The van der Waals surface area contributed by atoms with Gasteiger partial charge in [0.15, 0.2) is 0 Å². The molecule has 18 heavy (non-hydrogen) atoms. The number of anilines is 1. The highest BCUT2D eigenvalue weighted by molar-refractivity contribution is 5.90. The Morgan fingerprint density at radius 3 is 2.83 bits per heavy atom. The van der Waals surface area contributed by atoms with E-state index in [1.54, 1.807) is 6.92 Å². The Bertz CT molecular complexity index is 382. The number of aliphatic hydroxyl groups is 1. The molecule has 0 aromatic heterocycles. The summed E-state index contributed by atoms with van der Waals surface area (Å²) in [5.41, 5.74) is 1.64. The molecule has 0 aliphatic carbocycles. The van der Waals surface area contributed by atoms with Crippen LogP contribution in [0.25, 0.3) is 0 Å². The van der Waals surface area contributed by atoms with Crippen molar-refractivity contribution in [2.75, 3.05) is 18.5 Å². The third-order valence-electron chi connectivity index (χ3n) is 2.38. The van der Waals surface area contributed by atoms with E-state index in [1.165, 1.54) is 0 Å². The molecule has 100 valence electrons. The van der Waals surface area contributed by atoms with Gasteiger partial charge in [0.2, 0.25) is 0 Å². The van der Waals surface area contributed by atoms with Crippen molar-refractivity contribution in [2.45, 2.75) is 26.5 Å². The number of carbonyl (C=O) groups is 1. The molecular weight excluding hydrogens is 232 g/mol. The molecule has 1 aromatic rings. The molecule has 3 N–H and O–H groups in total. The second kappa shape index (κ2) is 7.68. The minimum absolute atomic E-state index is 0.0893. The van der Waals surface area contributed by atoms with Crippen molar-refractivity contribution < 1.29 is 14.6 Å². The van der Waals surface area contributed by atoms with Crippen molar-refractivity contribution in [3.63, 3.8) is 0 Å². The van der Waals surface area contributed by atoms with Crippen molar-refractivity contribution in [3.05, 3.63) is 29.8 Å². The average molecular weight is 252 g/mol. The molecule has 0 saturated heterocycles. The van der Waals surface area contributed by atoms with Gasteiger partial charge < -0.3 is 20.5 Å². The molecular formula is C13H20N2O3. The normalized spacial score (nSPS) is 11.9. The van der Waals surface area contributed by atoms with Gasteiger partial charge in [0, 0.05) is 17.9 Å². The molecule has 0 aliphatic heterocycles. The maximum Gasteiger partial charge on any atom is 0.319 e. The molecule has 1 atom stereocenters. The van der Waals surface area contributed by atoms with E-state index in [1.807, 2.05) is 31.2 Å². The lowest BCUT2D eigenvalue weighted by Gasteiger charge is -2.14. The monoisotopic (exact) mass is 252 g/mol. The molecule has 0 fully saturated rings. The number of benzene rings is 1. The molecule has 1 rings (SSSR count). The van der Waals surface area contributed by atoms with E-state index in [2.05, 4.69) is 10.6 Å². The first-order valence-corrected chi connectivity index (χ1v) is 6.01. The number of rotatable bonds is 6. The lowest BCUT2D eigenvalue weighted by molar-refractivity contribution is 0.134. The Morgan fingerprint density at radius 1 is 1.44 bits per heavy atom. The van der Waals surface area contributed by atoms with Crippen LogP contribution in [-0.4, -0.2) is 30.4 Å². The summed E-state index contributed by atoms with van der Waals surface area (Å²) in [6, 6.07) is 6.86. The zero-order valence-electron chi connectivity index (χ0n) is 10.8. The Kier molecular flexibility index (Phi) is 6.18. The summed E-state index contributed by atoms with van der Waals surface area (Å²) in [4.78, 5) is 11.6. The van der Waals surface area contributed by atoms with Gasteiger partial charge in [-0.15, -0.1) is 0 Å². The van der Waals surface area contributed by atoms with Gasteiger partial charge in [0.05, 0.1) is 19.3 Å². The number of hydrogen-bond donors (Lipinski definition) is 3. The van der Waals surface area contributed by atoms with Gasteiger partial charge in [-0.1, -0.05) is 18.2 Å². The minimum Gasteiger partial charge on any atom is -0.394 e. The van der Waals surface area contributed by atoms with Crippen LogP contribution >= 0.6 is 0 Å².